The number of hydrogen-bond acceptors (Lipinski definition) is 3. The monoisotopic (exact) mass is 198 g/mol. The lowest BCUT2D eigenvalue weighted by atomic mass is 10.1. The maximum atomic E-state index is 11.0. The molecular weight excluding hydrogens is 190 g/mol. The second-order valence-corrected chi connectivity index (χ2v) is 2.76. The van der Waals surface area contributed by atoms with Gasteiger partial charge < -0.3 is 4.74 Å². The number of rotatable bonds is 2. The molecule has 1 aliphatic heterocycles. The molecule has 0 saturated heterocycles. The molecule has 1 aliphatic rings. The lowest BCUT2D eigenvalue weighted by Gasteiger charge is -2.02. The fraction of sp³-hybridized carbons (Fsp3) is 0.333. The lowest BCUT2D eigenvalue weighted by molar-refractivity contribution is -0.137. The van der Waals surface area contributed by atoms with Gasteiger partial charge in [0.05, 0.1) is 12.8 Å². The van der Waals surface area contributed by atoms with Crippen LogP contribution in [-0.2, 0) is 9.53 Å². The zero-order valence-corrected chi connectivity index (χ0v) is 7.97. The van der Waals surface area contributed by atoms with E-state index in [1.165, 1.54) is 6.08 Å². The molecule has 0 atom stereocenters. The minimum atomic E-state index is -0.369. The quantitative estimate of drug-likeness (QED) is 0.386. The Morgan fingerprint density at radius 1 is 1.92 bits per heavy atom. The third kappa shape index (κ3) is 3.42. The topological polar surface area (TPSA) is 38.7 Å². The van der Waals surface area contributed by atoms with Crippen molar-refractivity contribution < 1.29 is 9.53 Å². The minimum Gasteiger partial charge on any atom is -0.463 e. The van der Waals surface area contributed by atoms with E-state index in [0.29, 0.717) is 23.8 Å². The van der Waals surface area contributed by atoms with Gasteiger partial charge in [-0.3, -0.25) is 0 Å². The SMILES string of the molecule is CCOC(=O)C=C1[C]=NC(Cl)=CC1. The number of hydrogen-bond donors (Lipinski definition) is 0. The summed E-state index contributed by atoms with van der Waals surface area (Å²) in [5.41, 5.74) is 0.683. The zero-order chi connectivity index (χ0) is 9.68. The van der Waals surface area contributed by atoms with Crippen LogP contribution in [0.4, 0.5) is 0 Å². The van der Waals surface area contributed by atoms with Gasteiger partial charge in [0.2, 0.25) is 0 Å². The van der Waals surface area contributed by atoms with Crippen molar-refractivity contribution in [3.63, 3.8) is 0 Å². The Morgan fingerprint density at radius 2 is 2.69 bits per heavy atom. The Hall–Kier alpha value is -1.09. The minimum absolute atomic E-state index is 0.369. The van der Waals surface area contributed by atoms with E-state index in [9.17, 15) is 4.79 Å². The maximum Gasteiger partial charge on any atom is 0.331 e. The first kappa shape index (κ1) is 9.99. The highest BCUT2D eigenvalue weighted by Crippen LogP contribution is 2.14. The van der Waals surface area contributed by atoms with Crippen LogP contribution < -0.4 is 0 Å². The Kier molecular flexibility index (Phi) is 3.71. The molecule has 0 aromatic carbocycles. The molecule has 13 heavy (non-hydrogen) atoms. The third-order valence-corrected chi connectivity index (χ3v) is 1.61. The van der Waals surface area contributed by atoms with E-state index in [1.807, 2.05) is 0 Å². The van der Waals surface area contributed by atoms with E-state index in [4.69, 9.17) is 16.3 Å². The Labute approximate surface area is 81.7 Å². The summed E-state index contributed by atoms with van der Waals surface area (Å²) in [6.45, 7) is 2.13. The first-order valence-corrected chi connectivity index (χ1v) is 4.30. The molecule has 0 aromatic rings. The van der Waals surface area contributed by atoms with Crippen LogP contribution in [0.25, 0.3) is 0 Å². The molecule has 1 heterocycles. The fourth-order valence-corrected chi connectivity index (χ4v) is 0.947. The highest BCUT2D eigenvalue weighted by Gasteiger charge is 2.04. The second kappa shape index (κ2) is 4.82. The van der Waals surface area contributed by atoms with Gasteiger partial charge in [0.25, 0.3) is 0 Å². The van der Waals surface area contributed by atoms with Gasteiger partial charge in [0.1, 0.15) is 5.16 Å². The number of esters is 1. The van der Waals surface area contributed by atoms with Gasteiger partial charge in [0, 0.05) is 6.08 Å². The lowest BCUT2D eigenvalue weighted by Crippen LogP contribution is -2.02. The number of halogens is 1. The van der Waals surface area contributed by atoms with Gasteiger partial charge in [-0.15, -0.1) is 0 Å². The number of aliphatic imine (C=N–C) groups is 1. The standard InChI is InChI=1S/C9H9ClNO2/c1-2-13-9(12)5-7-3-4-8(10)11-6-7/h4-5H,2-3H2,1H3. The summed E-state index contributed by atoms with van der Waals surface area (Å²) >= 11 is 5.57. The van der Waals surface area contributed by atoms with E-state index in [1.54, 1.807) is 13.0 Å². The first-order chi connectivity index (χ1) is 6.22. The Bertz CT molecular complexity index is 292. The molecule has 0 fully saturated rings. The fourth-order valence-electron chi connectivity index (χ4n) is 0.828. The molecule has 3 nitrogen and oxygen atoms in total. The molecule has 0 N–H and O–H groups in total. The molecule has 0 aromatic heterocycles. The number of ether oxygens (including phenoxy) is 1. The molecule has 0 unspecified atom stereocenters. The normalized spacial score (nSPS) is 18.6. The first-order valence-electron chi connectivity index (χ1n) is 3.92. The maximum absolute atomic E-state index is 11.0. The Morgan fingerprint density at radius 3 is 3.23 bits per heavy atom. The molecular formula is C9H9ClNO2. The summed E-state index contributed by atoms with van der Waals surface area (Å²) in [6.07, 6.45) is 6.29. The molecule has 0 spiro atoms. The number of carbonyl (C=O) groups excluding carboxylic acids is 1. The van der Waals surface area contributed by atoms with Crippen LogP contribution in [-0.4, -0.2) is 18.8 Å². The van der Waals surface area contributed by atoms with Gasteiger partial charge >= 0.3 is 5.97 Å². The Balaban J connectivity index is 2.55. The summed E-state index contributed by atoms with van der Waals surface area (Å²) in [4.78, 5) is 14.7. The number of nitrogens with zero attached hydrogens (tertiary/aromatic N) is 1. The summed E-state index contributed by atoms with van der Waals surface area (Å²) in [5, 5.41) is 0.404. The molecule has 1 rings (SSSR count). The highest BCUT2D eigenvalue weighted by atomic mass is 35.5. The molecule has 0 amide bonds. The van der Waals surface area contributed by atoms with Crippen LogP contribution in [0.3, 0.4) is 0 Å². The van der Waals surface area contributed by atoms with Crippen molar-refractivity contribution in [1.82, 2.24) is 0 Å². The third-order valence-electron chi connectivity index (χ3n) is 1.38. The van der Waals surface area contributed by atoms with E-state index in [2.05, 4.69) is 11.2 Å². The molecule has 0 bridgehead atoms. The summed E-state index contributed by atoms with van der Waals surface area (Å²) in [7, 11) is 0. The van der Waals surface area contributed by atoms with Crippen molar-refractivity contribution in [3.8, 4) is 0 Å². The summed E-state index contributed by atoms with van der Waals surface area (Å²) < 4.78 is 4.72. The second-order valence-electron chi connectivity index (χ2n) is 2.38. The van der Waals surface area contributed by atoms with Crippen molar-refractivity contribution in [2.45, 2.75) is 13.3 Å². The van der Waals surface area contributed by atoms with Crippen molar-refractivity contribution in [2.24, 2.45) is 4.99 Å². The molecule has 1 radical (unpaired) electrons. The van der Waals surface area contributed by atoms with Crippen LogP contribution in [0, 0.1) is 0 Å². The van der Waals surface area contributed by atoms with Gasteiger partial charge in [-0.2, -0.15) is 0 Å². The van der Waals surface area contributed by atoms with Crippen molar-refractivity contribution in [2.75, 3.05) is 6.61 Å². The van der Waals surface area contributed by atoms with Crippen molar-refractivity contribution in [3.05, 3.63) is 22.9 Å². The number of carbonyl (C=O) groups is 1. The molecule has 4 heteroatoms. The van der Waals surface area contributed by atoms with Gasteiger partial charge in [-0.1, -0.05) is 11.6 Å². The molecule has 69 valence electrons. The highest BCUT2D eigenvalue weighted by molar-refractivity contribution is 6.30. The van der Waals surface area contributed by atoms with Crippen LogP contribution in [0.15, 0.2) is 27.9 Å². The van der Waals surface area contributed by atoms with Crippen molar-refractivity contribution in [1.29, 1.82) is 0 Å². The largest absolute Gasteiger partial charge is 0.463 e. The predicted octanol–water partition coefficient (Wildman–Crippen LogP) is 1.91. The van der Waals surface area contributed by atoms with Gasteiger partial charge in [-0.05, 0) is 25.0 Å². The van der Waals surface area contributed by atoms with Crippen LogP contribution >= 0.6 is 11.6 Å². The average molecular weight is 199 g/mol. The van der Waals surface area contributed by atoms with Gasteiger partial charge in [0.15, 0.2) is 0 Å². The summed E-state index contributed by atoms with van der Waals surface area (Å²) in [5.74, 6) is -0.369. The average Bonchev–Trinajstić information content (AvgIpc) is 2.09. The molecule has 0 aliphatic carbocycles. The van der Waals surface area contributed by atoms with Crippen LogP contribution in [0.2, 0.25) is 0 Å². The van der Waals surface area contributed by atoms with Gasteiger partial charge in [-0.25, -0.2) is 9.79 Å². The smallest absolute Gasteiger partial charge is 0.331 e. The summed E-state index contributed by atoms with van der Waals surface area (Å²) in [6, 6.07) is 0. The van der Waals surface area contributed by atoms with E-state index < -0.39 is 0 Å². The van der Waals surface area contributed by atoms with E-state index >= 15 is 0 Å². The molecule has 0 saturated carbocycles. The number of allylic oxidation sites excluding steroid dienone is 2. The van der Waals surface area contributed by atoms with Crippen LogP contribution in [0.5, 0.6) is 0 Å². The van der Waals surface area contributed by atoms with Crippen molar-refractivity contribution >= 4 is 23.8 Å². The van der Waals surface area contributed by atoms with E-state index in [-0.39, 0.29) is 5.97 Å². The van der Waals surface area contributed by atoms with E-state index in [0.717, 1.165) is 0 Å². The van der Waals surface area contributed by atoms with Crippen LogP contribution in [0.1, 0.15) is 13.3 Å². The predicted molar refractivity (Wildman–Crippen MR) is 50.7 cm³/mol. The zero-order valence-electron chi connectivity index (χ0n) is 7.21.